The van der Waals surface area contributed by atoms with Crippen molar-refractivity contribution in [1.82, 2.24) is 5.32 Å². The summed E-state index contributed by atoms with van der Waals surface area (Å²) in [7, 11) is 0. The Kier molecular flexibility index (Phi) is 23.7. The third-order valence-electron chi connectivity index (χ3n) is 14.8. The van der Waals surface area contributed by atoms with Crippen LogP contribution in [0.4, 0.5) is 0 Å². The lowest BCUT2D eigenvalue weighted by Gasteiger charge is -2.51. The molecule has 22 saturated heterocycles. The van der Waals surface area contributed by atoms with Gasteiger partial charge in [0, 0.05) is 17.9 Å². The van der Waals surface area contributed by atoms with E-state index in [2.05, 4.69) is 5.32 Å². The molecule has 1 aromatic rings. The van der Waals surface area contributed by atoms with E-state index < -0.39 is 230 Å². The van der Waals surface area contributed by atoms with Gasteiger partial charge in [0.15, 0.2) is 37.7 Å². The van der Waals surface area contributed by atoms with Crippen LogP contribution in [0.2, 0.25) is 0 Å². The van der Waals surface area contributed by atoms with Crippen molar-refractivity contribution in [2.75, 3.05) is 45.4 Å². The fourth-order valence-corrected chi connectivity index (χ4v) is 12.5. The van der Waals surface area contributed by atoms with Crippen LogP contribution in [0.5, 0.6) is 0 Å². The van der Waals surface area contributed by atoms with E-state index in [-0.39, 0.29) is 12.2 Å². The highest BCUT2D eigenvalue weighted by Crippen LogP contribution is 2.38. The second kappa shape index (κ2) is 29.3. The van der Waals surface area contributed by atoms with Crippen molar-refractivity contribution in [2.24, 2.45) is 0 Å². The highest BCUT2D eigenvalue weighted by molar-refractivity contribution is 8.46. The molecule has 0 radical (unpaired) electrons. The van der Waals surface area contributed by atoms with Crippen molar-refractivity contribution in [3.05, 3.63) is 35.9 Å². The molecular weight excluding hydrogens is 1150 g/mol. The van der Waals surface area contributed by atoms with E-state index >= 15 is 0 Å². The number of hydrogen-bond acceptors (Lipinski definition) is 33. The van der Waals surface area contributed by atoms with Crippen LogP contribution in [0.25, 0.3) is 0 Å². The fraction of sp³-hybridized carbons (Fsp3) is 0.830. The fourth-order valence-electron chi connectivity index (χ4n) is 10.4. The lowest BCUT2D eigenvalue weighted by molar-refractivity contribution is -0.401. The van der Waals surface area contributed by atoms with Crippen molar-refractivity contribution in [1.29, 1.82) is 0 Å². The number of aliphatic hydroxyl groups is 17. The third kappa shape index (κ3) is 14.5. The van der Waals surface area contributed by atoms with Gasteiger partial charge in [0.1, 0.15) is 144 Å². The number of aliphatic hydroxyl groups excluding tert-OH is 17. The first-order valence-electron chi connectivity index (χ1n) is 25.9. The Balaban J connectivity index is 1.08. The van der Waals surface area contributed by atoms with Crippen LogP contribution >= 0.6 is 35.7 Å². The topological polar surface area (TPSA) is 484 Å². The number of nitrogens with one attached hydrogen (secondary N) is 1. The van der Waals surface area contributed by atoms with Gasteiger partial charge >= 0.3 is 0 Å². The van der Waals surface area contributed by atoms with Crippen molar-refractivity contribution in [2.45, 2.75) is 196 Å². The van der Waals surface area contributed by atoms with Crippen molar-refractivity contribution in [3.63, 3.8) is 0 Å². The molecule has 462 valence electrons. The first-order chi connectivity index (χ1) is 38.8. The number of rotatable bonds is 12. The summed E-state index contributed by atoms with van der Waals surface area (Å²) in [6, 6.07) is 7.72. The number of carbonyl (C=O) groups is 1. The molecule has 22 aliphatic heterocycles. The summed E-state index contributed by atoms with van der Waals surface area (Å²) in [5.74, 6) is -0.0705. The lowest BCUT2D eigenvalue weighted by atomic mass is 9.93. The Labute approximate surface area is 475 Å². The van der Waals surface area contributed by atoms with E-state index in [1.165, 1.54) is 23.5 Å². The van der Waals surface area contributed by atoms with E-state index in [0.717, 1.165) is 5.56 Å². The van der Waals surface area contributed by atoms with E-state index in [1.54, 1.807) is 0 Å². The Morgan fingerprint density at radius 3 is 0.988 bits per heavy atom. The van der Waals surface area contributed by atoms with Gasteiger partial charge in [-0.2, -0.15) is 0 Å². The zero-order valence-electron chi connectivity index (χ0n) is 42.7. The molecule has 31 nitrogen and oxygen atoms in total. The number of carbonyl (C=O) groups excluding carboxylic acids is 1. The summed E-state index contributed by atoms with van der Waals surface area (Å²) >= 11 is 8.04. The predicted molar refractivity (Wildman–Crippen MR) is 269 cm³/mol. The number of thioether (sulfide) groups is 2. The molecule has 12 bridgehead atoms. The number of thiocarbonyl (C=S) groups is 1. The number of amides is 1. The second-order valence-corrected chi connectivity index (χ2v) is 23.3. The van der Waals surface area contributed by atoms with Gasteiger partial charge in [-0.05, 0) is 5.56 Å². The predicted octanol–water partition coefficient (Wildman–Crippen LogP) is -9.59. The van der Waals surface area contributed by atoms with Crippen molar-refractivity contribution >= 4 is 45.2 Å². The molecule has 22 heterocycles. The quantitative estimate of drug-likeness (QED) is 0.0864. The smallest absolute Gasteiger partial charge is 0.221 e. The maximum atomic E-state index is 13.8. The average Bonchev–Trinajstić information content (AvgIpc) is 3.49. The van der Waals surface area contributed by atoms with Crippen LogP contribution in [0, 0.1) is 0 Å². The van der Waals surface area contributed by atoms with Gasteiger partial charge in [-0.1, -0.05) is 42.5 Å². The van der Waals surface area contributed by atoms with Gasteiger partial charge in [-0.25, -0.2) is 0 Å². The first kappa shape index (κ1) is 65.3. The Hall–Kier alpha value is -1.68. The molecule has 1 amide bonds. The molecule has 0 spiro atoms. The normalized spacial score (nSPS) is 47.1. The largest absolute Gasteiger partial charge is 0.394 e. The Morgan fingerprint density at radius 2 is 0.679 bits per heavy atom. The molecular formula is C47H71NO30S3. The highest BCUT2D eigenvalue weighted by atomic mass is 32.2. The maximum Gasteiger partial charge on any atom is 0.221 e. The molecule has 22 fully saturated rings. The molecule has 0 unspecified atom stereocenters. The summed E-state index contributed by atoms with van der Waals surface area (Å²) in [5.41, 5.74) is 1.01. The summed E-state index contributed by atoms with van der Waals surface area (Å²) < 4.78 is 70.3. The van der Waals surface area contributed by atoms with E-state index in [0.29, 0.717) is 9.28 Å². The minimum atomic E-state index is -2.19. The Bertz CT molecular complexity index is 2130. The molecule has 22 aliphatic rings. The molecule has 30 atom stereocenters. The highest BCUT2D eigenvalue weighted by Gasteiger charge is 2.59. The average molecular weight is 1230 g/mol. The Morgan fingerprint density at radius 1 is 0.395 bits per heavy atom. The van der Waals surface area contributed by atoms with Crippen LogP contribution < -0.4 is 5.32 Å². The molecule has 0 saturated carbocycles. The van der Waals surface area contributed by atoms with Gasteiger partial charge in [-0.15, -0.1) is 23.5 Å². The summed E-state index contributed by atoms with van der Waals surface area (Å²) in [6.07, 6.45) is -57.4. The monoisotopic (exact) mass is 1230 g/mol. The van der Waals surface area contributed by atoms with Gasteiger partial charge in [0.25, 0.3) is 0 Å². The van der Waals surface area contributed by atoms with Crippen LogP contribution in [0.3, 0.4) is 0 Å². The van der Waals surface area contributed by atoms with Crippen LogP contribution in [-0.2, 0) is 67.4 Å². The summed E-state index contributed by atoms with van der Waals surface area (Å²) in [5, 5.41) is 192. The number of benzene rings is 1. The van der Waals surface area contributed by atoms with E-state index in [4.69, 9.17) is 69.1 Å². The molecule has 81 heavy (non-hydrogen) atoms. The van der Waals surface area contributed by atoms with Gasteiger partial charge < -0.3 is 149 Å². The standard InChI is InChI=1S/C47H71NO30S3/c49-8-16-35-23(48-22(55)6-7-80-47(79)81-14-15-4-2-1-3-5-15)24(56)41(67-16)74-36-17(9-50)69-43(31(63)26(36)58)76-38-19(11-52)71-45(33(65)28(38)60)78-40-21(13-54)72-46(34(66)29(40)61)77-39-20(12-53)70-44(32(64)27(39)59)75-37-18(10-51)68-42(73-35)30(62)25(37)57/h1-5,16-21,23-46,49-54,56-66H,6-14H2,(H,48,55)/t16-,17-,18-,19-,20-,21-,23-,24-,25-,26-,27-,28-,29-,30-,31-,32-,33-,34-,35-,36-,37-,38-,39-,40-,41-,42-,43-,44-,45-,46-/m1/s1. The van der Waals surface area contributed by atoms with E-state index in [9.17, 15) is 91.6 Å². The molecule has 1 aromatic carbocycles. The van der Waals surface area contributed by atoms with Gasteiger partial charge in [0.2, 0.25) is 5.91 Å². The lowest BCUT2D eigenvalue weighted by Crippen LogP contribution is -2.70. The number of hydrogen-bond donors (Lipinski definition) is 18. The van der Waals surface area contributed by atoms with Crippen molar-refractivity contribution in [3.8, 4) is 0 Å². The maximum absolute atomic E-state index is 13.8. The van der Waals surface area contributed by atoms with Crippen LogP contribution in [0.15, 0.2) is 30.3 Å². The van der Waals surface area contributed by atoms with Crippen LogP contribution in [0.1, 0.15) is 12.0 Å². The minimum absolute atomic E-state index is 0.120. The first-order valence-corrected chi connectivity index (χ1v) is 28.3. The second-order valence-electron chi connectivity index (χ2n) is 20.1. The van der Waals surface area contributed by atoms with Gasteiger partial charge in [-0.3, -0.25) is 4.79 Å². The van der Waals surface area contributed by atoms with E-state index in [1.807, 2.05) is 30.3 Å². The minimum Gasteiger partial charge on any atom is -0.394 e. The zero-order chi connectivity index (χ0) is 58.6. The molecule has 18 N–H and O–H groups in total. The van der Waals surface area contributed by atoms with Crippen LogP contribution in [-0.4, -0.2) is 326 Å². The molecule has 34 heteroatoms. The summed E-state index contributed by atoms with van der Waals surface area (Å²) in [4.78, 5) is 13.8. The number of ether oxygens (including phenoxy) is 12. The van der Waals surface area contributed by atoms with Gasteiger partial charge in [0.05, 0.1) is 45.7 Å². The molecule has 0 aromatic heterocycles. The molecule has 0 aliphatic carbocycles. The van der Waals surface area contributed by atoms with Crippen molar-refractivity contribution < 1.29 is 148 Å². The molecule has 23 rings (SSSR count). The summed E-state index contributed by atoms with van der Waals surface area (Å²) in [6.45, 7) is -6.11. The zero-order valence-corrected chi connectivity index (χ0v) is 45.2. The SMILES string of the molecule is O=C(CCSC(=S)SCc1ccccc1)N[C@@H]1[C@@H](O)[C@H]2O[C@H]3[C@H](O)[C@@H](O)[C@@H](O[C@H]4[C@H](O)[C@@H](O)[C@@H](O[C@H]5[C@H](O)[C@@H](O)[C@@H](O[C@H]6[C@H](O)[C@@H](O)[C@@H](O[C@H]7[C@H](O)[C@@H](O)[C@@H](O[C@@H]1[C@@H](CO)O2)O[C@@H]7CO)O[C@@H]6CO)O[C@@H]5CO)O[C@@H]4CO)O[C@@H]3CO. The third-order valence-corrected chi connectivity index (χ3v) is 17.6.